The number of aryl methyl sites for hydroxylation is 1. The van der Waals surface area contributed by atoms with Crippen molar-refractivity contribution in [1.29, 1.82) is 0 Å². The van der Waals surface area contributed by atoms with Gasteiger partial charge in [0.1, 0.15) is 0 Å². The van der Waals surface area contributed by atoms with Gasteiger partial charge >= 0.3 is 0 Å². The van der Waals surface area contributed by atoms with E-state index in [4.69, 9.17) is 5.73 Å². The minimum absolute atomic E-state index is 0. The van der Waals surface area contributed by atoms with Crippen molar-refractivity contribution in [1.82, 2.24) is 19.9 Å². The molecule has 1 aromatic heterocycles. The summed E-state index contributed by atoms with van der Waals surface area (Å²) in [6.45, 7) is 13.6. The molecule has 0 bridgehead atoms. The number of primary amides is 1. The molecule has 3 rings (SSSR count). The van der Waals surface area contributed by atoms with Gasteiger partial charge in [0.25, 0.3) is 0 Å². The highest BCUT2D eigenvalue weighted by atomic mass is 16.1. The lowest BCUT2D eigenvalue weighted by molar-refractivity contribution is 0.100. The van der Waals surface area contributed by atoms with Crippen LogP contribution in [0.2, 0.25) is 0 Å². The Kier molecular flexibility index (Phi) is 8.99. The summed E-state index contributed by atoms with van der Waals surface area (Å²) in [5.41, 5.74) is 7.59. The molecule has 1 aliphatic heterocycles. The monoisotopic (exact) mass is 456 g/mol. The third-order valence-electron chi connectivity index (χ3n) is 5.66. The van der Waals surface area contributed by atoms with Crippen LogP contribution in [-0.2, 0) is 0 Å². The van der Waals surface area contributed by atoms with E-state index < -0.39 is 5.91 Å². The Bertz CT molecular complexity index is 946. The van der Waals surface area contributed by atoms with Gasteiger partial charge < -0.3 is 21.3 Å². The van der Waals surface area contributed by atoms with Crippen LogP contribution < -0.4 is 21.3 Å². The van der Waals surface area contributed by atoms with Gasteiger partial charge in [-0.05, 0) is 50.8 Å². The first-order valence-corrected chi connectivity index (χ1v) is 11.3. The topological polar surface area (TPSA) is 112 Å². The van der Waals surface area contributed by atoms with Crippen molar-refractivity contribution in [2.75, 3.05) is 42.2 Å². The number of carbonyl (C=O) groups is 1. The minimum atomic E-state index is -0.473. The van der Waals surface area contributed by atoms with Crippen LogP contribution in [0, 0.1) is 12.8 Å². The smallest absolute Gasteiger partial charge is 0.248 e. The maximum Gasteiger partial charge on any atom is 0.248 e. The molecular weight excluding hydrogens is 416 g/mol. The molecule has 1 saturated heterocycles. The van der Waals surface area contributed by atoms with Gasteiger partial charge in [0.15, 0.2) is 0 Å². The fraction of sp³-hybridized carbons (Fsp3) is 0.583. The number of amides is 1. The summed E-state index contributed by atoms with van der Waals surface area (Å²) < 4.78 is 0. The molecule has 2 heterocycles. The third kappa shape index (κ3) is 7.02. The molecule has 0 saturated carbocycles. The van der Waals surface area contributed by atoms with E-state index in [1.165, 1.54) is 0 Å². The lowest BCUT2D eigenvalue weighted by Crippen LogP contribution is -2.32. The molecule has 1 amide bonds. The number of hydrogen-bond acceptors (Lipinski definition) is 8. The zero-order chi connectivity index (χ0) is 23.4. The molecule has 0 spiro atoms. The molecule has 0 radical (unpaired) electrons. The van der Waals surface area contributed by atoms with Gasteiger partial charge in [0, 0.05) is 50.0 Å². The summed E-state index contributed by atoms with van der Waals surface area (Å²) in [5, 5.41) is 6.76. The first-order chi connectivity index (χ1) is 15.1. The second-order valence-electron chi connectivity index (χ2n) is 9.29. The van der Waals surface area contributed by atoms with E-state index in [1.807, 2.05) is 24.9 Å². The molecule has 1 fully saturated rings. The van der Waals surface area contributed by atoms with Gasteiger partial charge in [0.05, 0.1) is 0 Å². The molecule has 0 unspecified atom stereocenters. The molecule has 2 aromatic rings. The number of nitrogens with zero attached hydrogens (tertiary/aromatic N) is 5. The van der Waals surface area contributed by atoms with Crippen LogP contribution in [0.1, 0.15) is 57.5 Å². The molecule has 9 nitrogen and oxygen atoms in total. The number of benzene rings is 1. The van der Waals surface area contributed by atoms with E-state index in [0.29, 0.717) is 35.4 Å². The Morgan fingerprint density at radius 2 is 1.91 bits per heavy atom. The Hall–Kier alpha value is -2.94. The predicted octanol–water partition coefficient (Wildman–Crippen LogP) is 3.65. The van der Waals surface area contributed by atoms with Crippen molar-refractivity contribution in [2.24, 2.45) is 11.7 Å². The van der Waals surface area contributed by atoms with Gasteiger partial charge in [-0.25, -0.2) is 0 Å². The lowest BCUT2D eigenvalue weighted by atomic mass is 10.1. The summed E-state index contributed by atoms with van der Waals surface area (Å²) in [7, 11) is 1.98. The van der Waals surface area contributed by atoms with Crippen molar-refractivity contribution in [2.45, 2.75) is 60.5 Å². The van der Waals surface area contributed by atoms with Crippen molar-refractivity contribution in [3.63, 3.8) is 0 Å². The molecule has 182 valence electrons. The molecule has 1 atom stereocenters. The molecule has 9 heteroatoms. The Morgan fingerprint density at radius 1 is 1.21 bits per heavy atom. The van der Waals surface area contributed by atoms with Crippen molar-refractivity contribution < 1.29 is 4.79 Å². The predicted molar refractivity (Wildman–Crippen MR) is 136 cm³/mol. The molecule has 1 aliphatic rings. The van der Waals surface area contributed by atoms with Crippen LogP contribution in [0.5, 0.6) is 0 Å². The molecule has 4 N–H and O–H groups in total. The zero-order valence-corrected chi connectivity index (χ0v) is 20.0. The fourth-order valence-electron chi connectivity index (χ4n) is 3.87. The van der Waals surface area contributed by atoms with Crippen LogP contribution in [0.15, 0.2) is 18.2 Å². The van der Waals surface area contributed by atoms with Gasteiger partial charge in [-0.15, -0.1) is 0 Å². The maximum absolute atomic E-state index is 11.6. The number of rotatable bonds is 9. The van der Waals surface area contributed by atoms with Crippen LogP contribution in [-0.4, -0.2) is 64.5 Å². The molecule has 0 aliphatic carbocycles. The van der Waals surface area contributed by atoms with E-state index in [0.717, 1.165) is 37.3 Å². The van der Waals surface area contributed by atoms with Crippen molar-refractivity contribution in [3.8, 4) is 0 Å². The molecular formula is C24H40N8O. The second-order valence-corrected chi connectivity index (χ2v) is 9.29. The average Bonchev–Trinajstić information content (AvgIpc) is 3.17. The van der Waals surface area contributed by atoms with Crippen LogP contribution in [0.4, 0.5) is 23.5 Å². The molecule has 33 heavy (non-hydrogen) atoms. The standard InChI is InChI=1S/C23H36N8O.CH4/c1-14(2)12-30(6)23-28-21(25-18-9-10-31(13-18)15(3)4)27-22(29-23)26-19-11-17(20(24)32)8-7-16(19)5;/h7-8,11,14-15,18H,9-10,12-13H2,1-6H3,(H2,24,32)(H2,25,26,27,28,29);1H4/t18-;/m0./s1. The largest absolute Gasteiger partial charge is 0.366 e. The zero-order valence-electron chi connectivity index (χ0n) is 20.0. The van der Waals surface area contributed by atoms with Gasteiger partial charge in [-0.3, -0.25) is 9.69 Å². The number of hydrogen-bond donors (Lipinski definition) is 3. The number of anilines is 4. The quantitative estimate of drug-likeness (QED) is 0.524. The summed E-state index contributed by atoms with van der Waals surface area (Å²) in [4.78, 5) is 30.1. The van der Waals surface area contributed by atoms with Gasteiger partial charge in [-0.1, -0.05) is 27.3 Å². The minimum Gasteiger partial charge on any atom is -0.366 e. The van der Waals surface area contributed by atoms with Crippen LogP contribution in [0.3, 0.4) is 0 Å². The van der Waals surface area contributed by atoms with E-state index in [2.05, 4.69) is 58.2 Å². The third-order valence-corrected chi connectivity index (χ3v) is 5.66. The maximum atomic E-state index is 11.6. The van der Waals surface area contributed by atoms with Crippen LogP contribution in [0.25, 0.3) is 0 Å². The van der Waals surface area contributed by atoms with Crippen LogP contribution >= 0.6 is 0 Å². The number of nitrogens with one attached hydrogen (secondary N) is 2. The number of nitrogens with two attached hydrogens (primary N) is 1. The highest BCUT2D eigenvalue weighted by Gasteiger charge is 2.25. The first kappa shape index (κ1) is 26.3. The Balaban J connectivity index is 0.00000385. The van der Waals surface area contributed by atoms with E-state index in [9.17, 15) is 4.79 Å². The number of likely N-dealkylation sites (tertiary alicyclic amines) is 1. The lowest BCUT2D eigenvalue weighted by Gasteiger charge is -2.22. The fourth-order valence-corrected chi connectivity index (χ4v) is 3.87. The molecule has 1 aromatic carbocycles. The number of aromatic nitrogens is 3. The summed E-state index contributed by atoms with van der Waals surface area (Å²) in [5.74, 6) is 1.57. The van der Waals surface area contributed by atoms with Crippen molar-refractivity contribution in [3.05, 3.63) is 29.3 Å². The van der Waals surface area contributed by atoms with Crippen molar-refractivity contribution >= 4 is 29.4 Å². The number of carbonyl (C=O) groups excluding carboxylic acids is 1. The summed E-state index contributed by atoms with van der Waals surface area (Å²) in [6.07, 6.45) is 1.05. The second kappa shape index (κ2) is 11.3. The first-order valence-electron chi connectivity index (χ1n) is 11.3. The van der Waals surface area contributed by atoms with E-state index >= 15 is 0 Å². The summed E-state index contributed by atoms with van der Waals surface area (Å²) >= 11 is 0. The SMILES string of the molecule is C.Cc1ccc(C(N)=O)cc1Nc1nc(N[C@H]2CCN(C(C)C)C2)nc(N(C)CC(C)C)n1. The Morgan fingerprint density at radius 3 is 2.52 bits per heavy atom. The van der Waals surface area contributed by atoms with E-state index in [-0.39, 0.29) is 13.5 Å². The normalized spacial score (nSPS) is 16.1. The van der Waals surface area contributed by atoms with E-state index in [1.54, 1.807) is 12.1 Å². The summed E-state index contributed by atoms with van der Waals surface area (Å²) in [6, 6.07) is 6.10. The average molecular weight is 457 g/mol. The van der Waals surface area contributed by atoms with Gasteiger partial charge in [-0.2, -0.15) is 15.0 Å². The van der Waals surface area contributed by atoms with Gasteiger partial charge in [0.2, 0.25) is 23.8 Å². The highest BCUT2D eigenvalue weighted by Crippen LogP contribution is 2.23. The Labute approximate surface area is 198 Å². The highest BCUT2D eigenvalue weighted by molar-refractivity contribution is 5.94.